The van der Waals surface area contributed by atoms with Gasteiger partial charge in [-0.05, 0) is 48.5 Å². The first kappa shape index (κ1) is 18.4. The first-order valence-corrected chi connectivity index (χ1v) is 9.22. The lowest BCUT2D eigenvalue weighted by Gasteiger charge is -2.12. The van der Waals surface area contributed by atoms with Gasteiger partial charge in [0.1, 0.15) is 5.52 Å². The summed E-state index contributed by atoms with van der Waals surface area (Å²) in [6.07, 6.45) is -4.37. The molecule has 4 aromatic rings. The summed E-state index contributed by atoms with van der Waals surface area (Å²) in [6.45, 7) is 0. The minimum atomic E-state index is -4.37. The fourth-order valence-corrected chi connectivity index (χ4v) is 3.21. The summed E-state index contributed by atoms with van der Waals surface area (Å²) in [6, 6.07) is 19.1. The third-order valence-electron chi connectivity index (χ3n) is 3.95. The van der Waals surface area contributed by atoms with Crippen LogP contribution in [-0.4, -0.2) is 20.9 Å². The highest BCUT2D eigenvalue weighted by Crippen LogP contribution is 2.32. The number of para-hydroxylation sites is 3. The number of aromatic nitrogens is 1. The average Bonchev–Trinajstić information content (AvgIpc) is 3.12. The Hall–Kier alpha value is -2.95. The van der Waals surface area contributed by atoms with Gasteiger partial charge >= 0.3 is 22.1 Å². The molecule has 4 rings (SSSR count). The molecule has 3 aromatic carbocycles. The molecule has 4 nitrogen and oxygen atoms in total. The lowest BCUT2D eigenvalue weighted by Crippen LogP contribution is -2.12. The van der Waals surface area contributed by atoms with Crippen molar-refractivity contribution in [2.45, 2.75) is 6.18 Å². The van der Waals surface area contributed by atoms with Gasteiger partial charge in [-0.15, -0.1) is 0 Å². The van der Waals surface area contributed by atoms with Crippen molar-refractivity contribution in [2.24, 2.45) is 0 Å². The number of alkyl halides is 3. The number of halogens is 3. The zero-order valence-electron chi connectivity index (χ0n) is 14.3. The molecule has 0 atom stereocenters. The van der Waals surface area contributed by atoms with E-state index in [1.165, 1.54) is 12.1 Å². The van der Waals surface area contributed by atoms with E-state index in [1.54, 1.807) is 12.1 Å². The quantitative estimate of drug-likeness (QED) is 0.416. The first-order valence-electron chi connectivity index (χ1n) is 8.28. The van der Waals surface area contributed by atoms with Gasteiger partial charge in [0.25, 0.3) is 0 Å². The highest BCUT2D eigenvalue weighted by atomic mass is 27.2. The smallest absolute Gasteiger partial charge is 0.616 e. The van der Waals surface area contributed by atoms with Crippen LogP contribution in [0.25, 0.3) is 22.6 Å². The SMILES string of the molecule is FC(F)(F)c1ccc([O][Al][O]c2ccccc2-c2nc3ccccc3o2)cc1. The first-order chi connectivity index (χ1) is 13.5. The highest BCUT2D eigenvalue weighted by Gasteiger charge is 2.30. The summed E-state index contributed by atoms with van der Waals surface area (Å²) in [7, 11) is 0. The monoisotopic (exact) mass is 398 g/mol. The van der Waals surface area contributed by atoms with Crippen LogP contribution >= 0.6 is 0 Å². The minimum Gasteiger partial charge on any atom is -0.616 e. The largest absolute Gasteiger partial charge is 0.881 e. The van der Waals surface area contributed by atoms with Gasteiger partial charge in [-0.1, -0.05) is 24.3 Å². The second-order valence-electron chi connectivity index (χ2n) is 5.84. The number of oxazole rings is 1. The second-order valence-corrected chi connectivity index (χ2v) is 6.50. The molecule has 1 aromatic heterocycles. The summed E-state index contributed by atoms with van der Waals surface area (Å²) in [5.74, 6) is 1.25. The molecule has 0 aliphatic carbocycles. The normalized spacial score (nSPS) is 11.4. The fourth-order valence-electron chi connectivity index (χ4n) is 2.59. The van der Waals surface area contributed by atoms with Gasteiger partial charge in [0.05, 0.1) is 22.6 Å². The number of nitrogens with zero attached hydrogens (tertiary/aromatic N) is 1. The molecular formula is C20H12AlF3NO3. The summed E-state index contributed by atoms with van der Waals surface area (Å²) in [5.41, 5.74) is 1.35. The molecule has 0 aliphatic heterocycles. The van der Waals surface area contributed by atoms with Crippen LogP contribution in [0, 0.1) is 0 Å². The minimum absolute atomic E-state index is 0.308. The zero-order valence-corrected chi connectivity index (χ0v) is 15.5. The number of benzene rings is 3. The van der Waals surface area contributed by atoms with E-state index in [-0.39, 0.29) is 0 Å². The maximum atomic E-state index is 12.6. The maximum absolute atomic E-state index is 12.6. The Morgan fingerprint density at radius 1 is 0.821 bits per heavy atom. The van der Waals surface area contributed by atoms with Gasteiger partial charge in [0.15, 0.2) is 5.58 Å². The van der Waals surface area contributed by atoms with Crippen molar-refractivity contribution in [2.75, 3.05) is 0 Å². The Morgan fingerprint density at radius 2 is 1.54 bits per heavy atom. The topological polar surface area (TPSA) is 44.5 Å². The van der Waals surface area contributed by atoms with Crippen molar-refractivity contribution in [3.63, 3.8) is 0 Å². The standard InChI is InChI=1S/C13H9NO2.C7H5F3O.Al/c15-11-7-3-1-5-9(11)13-14-10-6-2-4-8-12(10)16-13;8-7(9,10)5-1-3-6(11)4-2-5;/h1-8,15H;1-4,11H;/q;;+2/p-2. The number of rotatable bonds is 5. The van der Waals surface area contributed by atoms with E-state index in [9.17, 15) is 13.2 Å². The predicted molar refractivity (Wildman–Crippen MR) is 97.9 cm³/mol. The molecule has 0 fully saturated rings. The maximum Gasteiger partial charge on any atom is 0.881 e. The van der Waals surface area contributed by atoms with E-state index in [4.69, 9.17) is 12.0 Å². The van der Waals surface area contributed by atoms with Crippen molar-refractivity contribution >= 4 is 27.0 Å². The number of hydrogen-bond donors (Lipinski definition) is 0. The van der Waals surface area contributed by atoms with Crippen LogP contribution in [0.2, 0.25) is 0 Å². The summed E-state index contributed by atoms with van der Waals surface area (Å²) in [4.78, 5) is 4.46. The van der Waals surface area contributed by atoms with Crippen LogP contribution in [0.15, 0.2) is 77.2 Å². The van der Waals surface area contributed by atoms with Gasteiger partial charge in [-0.25, -0.2) is 4.98 Å². The highest BCUT2D eigenvalue weighted by molar-refractivity contribution is 6.21. The molecule has 0 amide bonds. The Balaban J connectivity index is 1.47. The molecule has 0 saturated carbocycles. The van der Waals surface area contributed by atoms with Crippen molar-refractivity contribution in [3.05, 3.63) is 78.4 Å². The lowest BCUT2D eigenvalue weighted by molar-refractivity contribution is -0.137. The second kappa shape index (κ2) is 7.58. The average molecular weight is 398 g/mol. The van der Waals surface area contributed by atoms with E-state index in [1.807, 2.05) is 36.4 Å². The molecule has 1 heterocycles. The number of fused-ring (bicyclic) bond motifs is 1. The van der Waals surface area contributed by atoms with Crippen LogP contribution in [0.3, 0.4) is 0 Å². The molecule has 28 heavy (non-hydrogen) atoms. The van der Waals surface area contributed by atoms with Crippen LogP contribution < -0.4 is 7.58 Å². The van der Waals surface area contributed by atoms with Crippen molar-refractivity contribution in [3.8, 4) is 23.0 Å². The van der Waals surface area contributed by atoms with Crippen molar-refractivity contribution < 1.29 is 25.2 Å². The summed E-state index contributed by atoms with van der Waals surface area (Å²) >= 11 is -0.994. The van der Waals surface area contributed by atoms with Crippen LogP contribution in [0.1, 0.15) is 5.56 Å². The van der Waals surface area contributed by atoms with Gasteiger partial charge < -0.3 is 12.0 Å². The van der Waals surface area contributed by atoms with E-state index >= 15 is 0 Å². The third-order valence-corrected chi connectivity index (χ3v) is 4.67. The van der Waals surface area contributed by atoms with E-state index in [0.717, 1.165) is 17.6 Å². The molecule has 0 N–H and O–H groups in total. The summed E-state index contributed by atoms with van der Waals surface area (Å²) < 4.78 is 54.8. The fraction of sp³-hybridized carbons (Fsp3) is 0.0500. The van der Waals surface area contributed by atoms with Gasteiger partial charge in [0, 0.05) is 0 Å². The molecule has 0 aliphatic rings. The lowest BCUT2D eigenvalue weighted by atomic mass is 10.2. The molecule has 0 saturated heterocycles. The van der Waals surface area contributed by atoms with Crippen LogP contribution in [0.5, 0.6) is 11.5 Å². The molecule has 0 spiro atoms. The van der Waals surface area contributed by atoms with E-state index in [2.05, 4.69) is 4.98 Å². The van der Waals surface area contributed by atoms with Gasteiger partial charge in [-0.2, -0.15) is 13.2 Å². The Kier molecular flexibility index (Phi) is 4.99. The van der Waals surface area contributed by atoms with Crippen LogP contribution in [0.4, 0.5) is 13.2 Å². The summed E-state index contributed by atoms with van der Waals surface area (Å²) in [5, 5.41) is 0. The van der Waals surface area contributed by atoms with Gasteiger partial charge in [0.2, 0.25) is 5.89 Å². The Morgan fingerprint density at radius 3 is 2.29 bits per heavy atom. The molecule has 0 bridgehead atoms. The molecular weight excluding hydrogens is 386 g/mol. The van der Waals surface area contributed by atoms with E-state index < -0.39 is 27.6 Å². The predicted octanol–water partition coefficient (Wildman–Crippen LogP) is 5.51. The molecule has 0 unspecified atom stereocenters. The molecule has 139 valence electrons. The van der Waals surface area contributed by atoms with E-state index in [0.29, 0.717) is 28.5 Å². The molecule has 8 heteroatoms. The zero-order chi connectivity index (χ0) is 19.6. The third kappa shape index (κ3) is 3.98. The van der Waals surface area contributed by atoms with Gasteiger partial charge in [-0.3, -0.25) is 0 Å². The van der Waals surface area contributed by atoms with Crippen molar-refractivity contribution in [1.29, 1.82) is 0 Å². The molecule has 1 radical (unpaired) electrons. The Bertz CT molecular complexity index is 1060. The Labute approximate surface area is 164 Å². The van der Waals surface area contributed by atoms with Crippen LogP contribution in [-0.2, 0) is 6.18 Å². The van der Waals surface area contributed by atoms with Crippen molar-refractivity contribution in [1.82, 2.24) is 4.98 Å². The number of hydrogen-bond acceptors (Lipinski definition) is 4.